The summed E-state index contributed by atoms with van der Waals surface area (Å²) in [7, 11) is 0. The van der Waals surface area contributed by atoms with Crippen molar-refractivity contribution in [1.29, 1.82) is 0 Å². The largest absolute Gasteiger partial charge is 3.00 e. The summed E-state index contributed by atoms with van der Waals surface area (Å²) in [6.45, 7) is 1.08. The molecular weight excluding hydrogens is 628 g/mol. The van der Waals surface area contributed by atoms with Gasteiger partial charge in [0.05, 0.1) is 11.6 Å². The molecule has 3 heterocycles. The average molecular weight is 647 g/mol. The minimum Gasteiger partial charge on any atom is -0.668 e. The summed E-state index contributed by atoms with van der Waals surface area (Å²) < 4.78 is 39.8. The second-order valence-corrected chi connectivity index (χ2v) is 7.86. The van der Waals surface area contributed by atoms with Crippen molar-refractivity contribution in [3.8, 4) is 22.4 Å². The van der Waals surface area contributed by atoms with Gasteiger partial charge in [0.2, 0.25) is 0 Å². The molecule has 1 aromatic heterocycles. The number of halogens is 3. The zero-order valence-corrected chi connectivity index (χ0v) is 20.8. The summed E-state index contributed by atoms with van der Waals surface area (Å²) in [5.41, 5.74) is 4.48. The van der Waals surface area contributed by atoms with Crippen LogP contribution in [0, 0.1) is 29.6 Å². The van der Waals surface area contributed by atoms with E-state index in [1.165, 1.54) is 11.1 Å². The second-order valence-electron chi connectivity index (χ2n) is 7.86. The number of aromatic nitrogens is 1. The van der Waals surface area contributed by atoms with Crippen LogP contribution in [0.2, 0.25) is 0 Å². The predicted octanol–water partition coefficient (Wildman–Crippen LogP) is 6.83. The number of benzene rings is 3. The van der Waals surface area contributed by atoms with E-state index in [4.69, 9.17) is 0 Å². The van der Waals surface area contributed by atoms with Crippen molar-refractivity contribution in [2.75, 3.05) is 6.54 Å². The zero-order chi connectivity index (χ0) is 23.5. The van der Waals surface area contributed by atoms with Crippen LogP contribution in [-0.4, -0.2) is 16.4 Å². The molecule has 0 radical (unpaired) electrons. The Morgan fingerprint density at radius 3 is 2.51 bits per heavy atom. The number of fused-ring (bicyclic) bond motifs is 3. The summed E-state index contributed by atoms with van der Waals surface area (Å²) in [6.07, 6.45) is 6.84. The summed E-state index contributed by atoms with van der Waals surface area (Å²) in [4.78, 5) is 6.36. The molecule has 3 nitrogen and oxygen atoms in total. The third kappa shape index (κ3) is 5.16. The van der Waals surface area contributed by atoms with E-state index in [-0.39, 0.29) is 37.5 Å². The van der Waals surface area contributed by atoms with Crippen molar-refractivity contribution >= 4 is 0 Å². The number of rotatable bonds is 2. The Balaban J connectivity index is 0.000000177. The molecule has 2 aliphatic rings. The maximum atomic E-state index is 13.7. The Morgan fingerprint density at radius 2 is 1.74 bits per heavy atom. The van der Waals surface area contributed by atoms with E-state index in [0.29, 0.717) is 0 Å². The Labute approximate surface area is 215 Å². The Hall–Kier alpha value is -3.41. The Bertz CT molecular complexity index is 1330. The minimum absolute atomic E-state index is 0. The molecule has 6 rings (SSSR count). The normalized spacial score (nSPS) is 15.2. The van der Waals surface area contributed by atoms with Crippen LogP contribution in [0.5, 0.6) is 0 Å². The van der Waals surface area contributed by atoms with Gasteiger partial charge in [-0.15, -0.1) is 12.1 Å². The van der Waals surface area contributed by atoms with E-state index in [0.717, 1.165) is 30.2 Å². The molecule has 0 N–H and O–H groups in total. The van der Waals surface area contributed by atoms with Crippen LogP contribution >= 0.6 is 0 Å². The Kier molecular flexibility index (Phi) is 7.69. The van der Waals surface area contributed by atoms with E-state index in [1.807, 2.05) is 42.6 Å². The van der Waals surface area contributed by atoms with Gasteiger partial charge in [-0.05, 0) is 29.2 Å². The summed E-state index contributed by atoms with van der Waals surface area (Å²) in [6, 6.07) is 25.4. The van der Waals surface area contributed by atoms with Gasteiger partial charge in [0.15, 0.2) is 0 Å². The molecule has 1 unspecified atom stereocenters. The number of hydrogen-bond donors (Lipinski definition) is 0. The van der Waals surface area contributed by atoms with Gasteiger partial charge < -0.3 is 15.2 Å². The van der Waals surface area contributed by atoms with Crippen LogP contribution in [0.4, 0.5) is 13.2 Å². The molecule has 35 heavy (non-hydrogen) atoms. The van der Waals surface area contributed by atoms with Crippen LogP contribution in [0.1, 0.15) is 17.3 Å². The molecule has 0 saturated carbocycles. The molecule has 0 amide bonds. The third-order valence-electron chi connectivity index (χ3n) is 5.77. The average Bonchev–Trinajstić information content (AvgIpc) is 3.38. The van der Waals surface area contributed by atoms with Crippen molar-refractivity contribution in [2.24, 2.45) is 0 Å². The van der Waals surface area contributed by atoms with Crippen molar-refractivity contribution < 1.29 is 33.3 Å². The fourth-order valence-corrected chi connectivity index (χ4v) is 4.01. The Morgan fingerprint density at radius 1 is 0.914 bits per heavy atom. The molecule has 3 aromatic carbocycles. The molecule has 0 spiro atoms. The van der Waals surface area contributed by atoms with Gasteiger partial charge in [0.1, 0.15) is 5.82 Å². The molecule has 7 heteroatoms. The number of nitrogens with zero attached hydrogens (tertiary/aromatic N) is 3. The SMILES string of the molecule is Fc1c[c-]c(-c2ccc(-c3ccccc3)cn2)c(F)c1F.[Ir+3].[c-]1cccc2c1C1[N-]C=CN1CC2. The van der Waals surface area contributed by atoms with Gasteiger partial charge >= 0.3 is 20.1 Å². The van der Waals surface area contributed by atoms with Crippen molar-refractivity contribution in [3.05, 3.63) is 131 Å². The van der Waals surface area contributed by atoms with E-state index in [9.17, 15) is 13.2 Å². The van der Waals surface area contributed by atoms with E-state index in [2.05, 4.69) is 45.7 Å². The van der Waals surface area contributed by atoms with Gasteiger partial charge in [-0.25, -0.2) is 4.39 Å². The van der Waals surface area contributed by atoms with Crippen LogP contribution < -0.4 is 0 Å². The molecule has 176 valence electrons. The number of hydrogen-bond acceptors (Lipinski definition) is 2. The van der Waals surface area contributed by atoms with Crippen molar-refractivity contribution in [3.63, 3.8) is 0 Å². The fraction of sp³-hybridized carbons (Fsp3) is 0.107. The van der Waals surface area contributed by atoms with Crippen LogP contribution in [-0.2, 0) is 26.5 Å². The maximum absolute atomic E-state index is 13.7. The van der Waals surface area contributed by atoms with E-state index in [1.54, 1.807) is 18.3 Å². The first-order valence-electron chi connectivity index (χ1n) is 10.8. The third-order valence-corrected chi connectivity index (χ3v) is 5.77. The summed E-state index contributed by atoms with van der Waals surface area (Å²) >= 11 is 0. The van der Waals surface area contributed by atoms with Crippen molar-refractivity contribution in [1.82, 2.24) is 9.88 Å². The van der Waals surface area contributed by atoms with Gasteiger partial charge in [-0.3, -0.25) is 8.78 Å². The molecule has 0 aliphatic carbocycles. The molecular formula is C28H19F3IrN3. The minimum atomic E-state index is -1.52. The second kappa shape index (κ2) is 10.9. The summed E-state index contributed by atoms with van der Waals surface area (Å²) in [5.74, 6) is -4.06. The van der Waals surface area contributed by atoms with Gasteiger partial charge in [0, 0.05) is 12.7 Å². The standard InChI is InChI=1S/C17H9F3N.C11H10N2.Ir/c18-14-8-7-13(16(19)17(14)20)15-9-6-12(10-21-15)11-4-2-1-3-5-11;1-2-4-10-9(3-1)5-7-13-8-6-12-11(10)13;/h1-6,8-10H;1-3,6,8,11H,5,7H2;/q-1;-2;+3. The zero-order valence-electron chi connectivity index (χ0n) is 18.4. The predicted molar refractivity (Wildman–Crippen MR) is 125 cm³/mol. The summed E-state index contributed by atoms with van der Waals surface area (Å²) in [5, 5.41) is 4.41. The van der Waals surface area contributed by atoms with E-state index < -0.39 is 17.5 Å². The van der Waals surface area contributed by atoms with Gasteiger partial charge in [-0.2, -0.15) is 41.6 Å². The first kappa shape index (κ1) is 24.7. The van der Waals surface area contributed by atoms with Gasteiger partial charge in [-0.1, -0.05) is 54.4 Å². The van der Waals surface area contributed by atoms with E-state index >= 15 is 0 Å². The molecule has 4 aromatic rings. The topological polar surface area (TPSA) is 30.2 Å². The van der Waals surface area contributed by atoms with Crippen molar-refractivity contribution in [2.45, 2.75) is 12.6 Å². The molecule has 2 aliphatic heterocycles. The van der Waals surface area contributed by atoms with Gasteiger partial charge in [0.25, 0.3) is 0 Å². The molecule has 1 atom stereocenters. The van der Waals surface area contributed by atoms with Crippen LogP contribution in [0.15, 0.2) is 85.3 Å². The maximum Gasteiger partial charge on any atom is 3.00 e. The van der Waals surface area contributed by atoms with Crippen LogP contribution in [0.3, 0.4) is 0 Å². The first-order chi connectivity index (χ1) is 16.6. The van der Waals surface area contributed by atoms with Crippen LogP contribution in [0.25, 0.3) is 27.7 Å². The number of pyridine rings is 1. The molecule has 0 saturated heterocycles. The quantitative estimate of drug-likeness (QED) is 0.177. The molecule has 0 bridgehead atoms. The fourth-order valence-electron chi connectivity index (χ4n) is 4.01. The first-order valence-corrected chi connectivity index (χ1v) is 10.8. The molecule has 0 fully saturated rings. The smallest absolute Gasteiger partial charge is 0.668 e. The monoisotopic (exact) mass is 647 g/mol.